The zero-order valence-corrected chi connectivity index (χ0v) is 7.71. The fraction of sp³-hybridized carbons (Fsp3) is 0.400. The van der Waals surface area contributed by atoms with Crippen LogP contribution in [-0.4, -0.2) is 17.3 Å². The first-order chi connectivity index (χ1) is 5.52. The number of rotatable bonds is 5. The Kier molecular flexibility index (Phi) is 4.37. The molecule has 1 unspecified atom stereocenters. The Morgan fingerprint density at radius 1 is 1.58 bits per heavy atom. The van der Waals surface area contributed by atoms with Crippen molar-refractivity contribution >= 4 is 0 Å². The molecule has 0 saturated heterocycles. The van der Waals surface area contributed by atoms with Gasteiger partial charge in [0, 0.05) is 0 Å². The zero-order valence-electron chi connectivity index (χ0n) is 7.71. The van der Waals surface area contributed by atoms with E-state index in [0.29, 0.717) is 0 Å². The van der Waals surface area contributed by atoms with Gasteiger partial charge in [0.2, 0.25) is 0 Å². The molecule has 0 bridgehead atoms. The first-order valence-electron chi connectivity index (χ1n) is 3.78. The molecule has 0 spiro atoms. The van der Waals surface area contributed by atoms with Gasteiger partial charge in [-0.3, -0.25) is 0 Å². The normalized spacial score (nSPS) is 16.4. The van der Waals surface area contributed by atoms with Gasteiger partial charge in [0.25, 0.3) is 0 Å². The summed E-state index contributed by atoms with van der Waals surface area (Å²) in [4.78, 5) is 0. The topological polar surface area (TPSA) is 29.5 Å². The highest BCUT2D eigenvalue weighted by molar-refractivity contribution is 5.09. The molecule has 0 amide bonds. The van der Waals surface area contributed by atoms with Crippen LogP contribution in [-0.2, 0) is 4.74 Å². The van der Waals surface area contributed by atoms with Crippen molar-refractivity contribution < 1.29 is 9.84 Å². The highest BCUT2D eigenvalue weighted by atomic mass is 16.5. The van der Waals surface area contributed by atoms with E-state index in [-0.39, 0.29) is 6.61 Å². The van der Waals surface area contributed by atoms with Crippen LogP contribution in [0.2, 0.25) is 0 Å². The van der Waals surface area contributed by atoms with E-state index in [2.05, 4.69) is 13.2 Å². The van der Waals surface area contributed by atoms with Gasteiger partial charge in [-0.2, -0.15) is 0 Å². The summed E-state index contributed by atoms with van der Waals surface area (Å²) in [7, 11) is 0. The average molecular weight is 168 g/mol. The van der Waals surface area contributed by atoms with E-state index in [9.17, 15) is 5.11 Å². The minimum absolute atomic E-state index is 0.210. The fourth-order valence-electron chi connectivity index (χ4n) is 0.449. The van der Waals surface area contributed by atoms with Crippen LogP contribution < -0.4 is 0 Å². The molecule has 0 saturated carbocycles. The molecular formula is C10H16O2. The maximum atomic E-state index is 9.41. The molecule has 0 radical (unpaired) electrons. The summed E-state index contributed by atoms with van der Waals surface area (Å²) in [6, 6.07) is 0. The maximum absolute atomic E-state index is 9.41. The lowest BCUT2D eigenvalue weighted by Crippen LogP contribution is -2.26. The quantitative estimate of drug-likeness (QED) is 0.386. The number of hydrogen-bond donors (Lipinski definition) is 1. The van der Waals surface area contributed by atoms with Crippen molar-refractivity contribution in [1.29, 1.82) is 0 Å². The van der Waals surface area contributed by atoms with Crippen LogP contribution in [0.25, 0.3) is 0 Å². The van der Waals surface area contributed by atoms with Crippen molar-refractivity contribution in [1.82, 2.24) is 0 Å². The third-order valence-electron chi connectivity index (χ3n) is 1.41. The molecule has 0 aliphatic heterocycles. The van der Waals surface area contributed by atoms with Gasteiger partial charge in [-0.25, -0.2) is 0 Å². The molecule has 12 heavy (non-hydrogen) atoms. The van der Waals surface area contributed by atoms with Gasteiger partial charge in [0.1, 0.15) is 12.2 Å². The molecule has 0 aliphatic carbocycles. The van der Waals surface area contributed by atoms with E-state index in [1.54, 1.807) is 19.3 Å². The Morgan fingerprint density at radius 3 is 2.58 bits per heavy atom. The van der Waals surface area contributed by atoms with E-state index >= 15 is 0 Å². The van der Waals surface area contributed by atoms with Crippen molar-refractivity contribution in [2.75, 3.05) is 6.61 Å². The molecule has 2 nitrogen and oxygen atoms in total. The second kappa shape index (κ2) is 4.78. The van der Waals surface area contributed by atoms with Gasteiger partial charge in [-0.15, -0.1) is 6.58 Å². The predicted molar refractivity (Wildman–Crippen MR) is 50.7 cm³/mol. The molecule has 2 heteroatoms. The van der Waals surface area contributed by atoms with Crippen LogP contribution in [0.4, 0.5) is 0 Å². The Bertz CT molecular complexity index is 190. The Labute approximate surface area is 73.9 Å². The molecule has 0 aromatic rings. The molecule has 1 N–H and O–H groups in total. The fourth-order valence-corrected chi connectivity index (χ4v) is 0.449. The third-order valence-corrected chi connectivity index (χ3v) is 1.41. The summed E-state index contributed by atoms with van der Waals surface area (Å²) in [5.41, 5.74) is -0.0346. The van der Waals surface area contributed by atoms with Crippen LogP contribution in [0.3, 0.4) is 0 Å². The van der Waals surface area contributed by atoms with E-state index in [1.807, 2.05) is 6.92 Å². The summed E-state index contributed by atoms with van der Waals surface area (Å²) < 4.78 is 5.09. The molecular weight excluding hydrogens is 152 g/mol. The molecule has 68 valence electrons. The van der Waals surface area contributed by atoms with Crippen molar-refractivity contribution in [3.05, 3.63) is 37.1 Å². The van der Waals surface area contributed by atoms with Gasteiger partial charge in [0.15, 0.2) is 0 Å². The van der Waals surface area contributed by atoms with E-state index in [4.69, 9.17) is 4.74 Å². The van der Waals surface area contributed by atoms with Crippen LogP contribution in [0.15, 0.2) is 37.1 Å². The molecule has 0 fully saturated rings. The highest BCUT2D eigenvalue weighted by Gasteiger charge is 2.14. The summed E-state index contributed by atoms with van der Waals surface area (Å²) in [5, 5.41) is 9.41. The van der Waals surface area contributed by atoms with Crippen LogP contribution >= 0.6 is 0 Å². The second-order valence-electron chi connectivity index (χ2n) is 2.94. The molecule has 1 atom stereocenters. The van der Waals surface area contributed by atoms with Gasteiger partial charge in [0.05, 0.1) is 6.26 Å². The zero-order chi connectivity index (χ0) is 9.61. The van der Waals surface area contributed by atoms with Crippen molar-refractivity contribution in [2.45, 2.75) is 19.4 Å². The third kappa shape index (κ3) is 4.74. The minimum atomic E-state index is -0.960. The van der Waals surface area contributed by atoms with Crippen LogP contribution in [0.1, 0.15) is 13.8 Å². The monoisotopic (exact) mass is 168 g/mol. The van der Waals surface area contributed by atoms with Crippen LogP contribution in [0, 0.1) is 0 Å². The molecule has 0 aromatic heterocycles. The Hall–Kier alpha value is -1.02. The van der Waals surface area contributed by atoms with Gasteiger partial charge in [-0.1, -0.05) is 18.7 Å². The smallest absolute Gasteiger partial charge is 0.119 e. The lowest BCUT2D eigenvalue weighted by atomic mass is 10.1. The SMILES string of the molecule is C=CC(C)=COCC(C)(O)C=C. The summed E-state index contributed by atoms with van der Waals surface area (Å²) in [6.45, 7) is 10.8. The largest absolute Gasteiger partial charge is 0.498 e. The Balaban J connectivity index is 3.84. The van der Waals surface area contributed by atoms with Gasteiger partial charge in [-0.05, 0) is 19.4 Å². The van der Waals surface area contributed by atoms with Gasteiger partial charge >= 0.3 is 0 Å². The highest BCUT2D eigenvalue weighted by Crippen LogP contribution is 2.05. The van der Waals surface area contributed by atoms with E-state index in [0.717, 1.165) is 5.57 Å². The molecule has 0 heterocycles. The number of hydrogen-bond acceptors (Lipinski definition) is 2. The molecule has 0 rings (SSSR count). The van der Waals surface area contributed by atoms with Crippen molar-refractivity contribution in [2.24, 2.45) is 0 Å². The van der Waals surface area contributed by atoms with Crippen molar-refractivity contribution in [3.63, 3.8) is 0 Å². The first kappa shape index (κ1) is 11.0. The summed E-state index contributed by atoms with van der Waals surface area (Å²) in [5.74, 6) is 0. The lowest BCUT2D eigenvalue weighted by Gasteiger charge is -2.17. The summed E-state index contributed by atoms with van der Waals surface area (Å²) in [6.07, 6.45) is 4.69. The standard InChI is InChI=1S/C10H16O2/c1-5-9(3)7-12-8-10(4,11)6-2/h5-7,11H,1-2,8H2,3-4H3. The average Bonchev–Trinajstić information content (AvgIpc) is 2.04. The Morgan fingerprint density at radius 2 is 2.17 bits per heavy atom. The van der Waals surface area contributed by atoms with Gasteiger partial charge < -0.3 is 9.84 Å². The molecule has 0 aromatic carbocycles. The van der Waals surface area contributed by atoms with Crippen LogP contribution in [0.5, 0.6) is 0 Å². The maximum Gasteiger partial charge on any atom is 0.119 e. The number of aliphatic hydroxyl groups is 1. The van der Waals surface area contributed by atoms with E-state index < -0.39 is 5.60 Å². The molecule has 0 aliphatic rings. The lowest BCUT2D eigenvalue weighted by molar-refractivity contribution is 0.0354. The number of allylic oxidation sites excluding steroid dienone is 2. The second-order valence-corrected chi connectivity index (χ2v) is 2.94. The van der Waals surface area contributed by atoms with E-state index in [1.165, 1.54) is 6.08 Å². The van der Waals surface area contributed by atoms with Crippen molar-refractivity contribution in [3.8, 4) is 0 Å². The first-order valence-corrected chi connectivity index (χ1v) is 3.78. The predicted octanol–water partition coefficient (Wildman–Crippen LogP) is 2.03. The number of ether oxygens (including phenoxy) is 1. The summed E-state index contributed by atoms with van der Waals surface area (Å²) >= 11 is 0. The minimum Gasteiger partial charge on any atom is -0.498 e.